The Morgan fingerprint density at radius 2 is 1.95 bits per heavy atom. The first-order chi connectivity index (χ1) is 8.64. The third-order valence-corrected chi connectivity index (χ3v) is 3.61. The van der Waals surface area contributed by atoms with Crippen molar-refractivity contribution in [2.45, 2.75) is 32.3 Å². The van der Waals surface area contributed by atoms with Gasteiger partial charge in [0.15, 0.2) is 5.75 Å². The molecule has 0 saturated carbocycles. The molecule has 9 heteroatoms. The monoisotopic (exact) mass is 302 g/mol. The van der Waals surface area contributed by atoms with Crippen LogP contribution in [0.1, 0.15) is 19.8 Å². The lowest BCUT2D eigenvalue weighted by Gasteiger charge is -2.29. The van der Waals surface area contributed by atoms with Crippen molar-refractivity contribution in [1.29, 1.82) is 0 Å². The topological polar surface area (TPSA) is 49.9 Å². The second kappa shape index (κ2) is 6.00. The molecule has 5 nitrogen and oxygen atoms in total. The van der Waals surface area contributed by atoms with Crippen molar-refractivity contribution in [3.8, 4) is 0 Å². The molecule has 1 atom stereocenters. The molecule has 0 spiro atoms. The standard InChI is InChI=1S/C10H17F3N2O3S/c1-3-4-5-15-7-6-14(2)9(15)18-19(16,17)8-10(11,12)13/h6-7,9H,3-5,8H2,1-2H3. The molecular weight excluding hydrogens is 285 g/mol. The molecule has 0 aromatic carbocycles. The third kappa shape index (κ3) is 5.27. The maximum atomic E-state index is 12.1. The summed E-state index contributed by atoms with van der Waals surface area (Å²) in [6, 6.07) is 0. The lowest BCUT2D eigenvalue weighted by Crippen LogP contribution is -2.42. The normalized spacial score (nSPS) is 20.4. The highest BCUT2D eigenvalue weighted by Crippen LogP contribution is 2.22. The molecule has 112 valence electrons. The number of hydrogen-bond acceptors (Lipinski definition) is 5. The van der Waals surface area contributed by atoms with Crippen LogP contribution in [-0.2, 0) is 14.3 Å². The fourth-order valence-corrected chi connectivity index (χ4v) is 2.56. The minimum Gasteiger partial charge on any atom is -0.336 e. The minimum absolute atomic E-state index is 0.517. The van der Waals surface area contributed by atoms with Crippen molar-refractivity contribution in [2.75, 3.05) is 19.3 Å². The zero-order valence-electron chi connectivity index (χ0n) is 10.7. The molecule has 0 amide bonds. The summed E-state index contributed by atoms with van der Waals surface area (Å²) in [6.45, 7) is 2.48. The van der Waals surface area contributed by atoms with Gasteiger partial charge in [-0.1, -0.05) is 13.3 Å². The Bertz CT molecular complexity index is 422. The summed E-state index contributed by atoms with van der Waals surface area (Å²) >= 11 is 0. The van der Waals surface area contributed by atoms with Gasteiger partial charge >= 0.3 is 6.18 Å². The maximum absolute atomic E-state index is 12.1. The van der Waals surface area contributed by atoms with Crippen LogP contribution in [0.4, 0.5) is 13.2 Å². The van der Waals surface area contributed by atoms with Crippen molar-refractivity contribution in [3.63, 3.8) is 0 Å². The Kier molecular flexibility index (Phi) is 5.08. The van der Waals surface area contributed by atoms with Crippen molar-refractivity contribution in [3.05, 3.63) is 12.4 Å². The lowest BCUT2D eigenvalue weighted by molar-refractivity contribution is -0.109. The fourth-order valence-electron chi connectivity index (χ4n) is 1.59. The molecule has 19 heavy (non-hydrogen) atoms. The van der Waals surface area contributed by atoms with Crippen molar-refractivity contribution in [2.24, 2.45) is 0 Å². The molecule has 1 heterocycles. The van der Waals surface area contributed by atoms with Gasteiger partial charge in [0.05, 0.1) is 0 Å². The van der Waals surface area contributed by atoms with E-state index in [4.69, 9.17) is 0 Å². The first-order valence-corrected chi connectivity index (χ1v) is 7.36. The van der Waals surface area contributed by atoms with Gasteiger partial charge in [-0.2, -0.15) is 21.6 Å². The van der Waals surface area contributed by atoms with Crippen LogP contribution in [0.5, 0.6) is 0 Å². The number of alkyl halides is 3. The van der Waals surface area contributed by atoms with Crippen LogP contribution in [0.15, 0.2) is 12.4 Å². The Labute approximate surface area is 110 Å². The Morgan fingerprint density at radius 3 is 2.47 bits per heavy atom. The smallest absolute Gasteiger partial charge is 0.336 e. The zero-order valence-corrected chi connectivity index (χ0v) is 11.5. The van der Waals surface area contributed by atoms with Gasteiger partial charge in [0.25, 0.3) is 10.1 Å². The highest BCUT2D eigenvalue weighted by Gasteiger charge is 2.39. The van der Waals surface area contributed by atoms with E-state index >= 15 is 0 Å². The van der Waals surface area contributed by atoms with Gasteiger partial charge in [0.1, 0.15) is 0 Å². The number of rotatable bonds is 6. The van der Waals surface area contributed by atoms with Crippen LogP contribution in [0, 0.1) is 0 Å². The molecule has 1 aliphatic rings. The number of halogens is 3. The van der Waals surface area contributed by atoms with Gasteiger partial charge in [-0.15, -0.1) is 0 Å². The fraction of sp³-hybridized carbons (Fsp3) is 0.800. The molecule has 0 aromatic rings. The predicted octanol–water partition coefficient (Wildman–Crippen LogP) is 1.70. The number of hydrogen-bond donors (Lipinski definition) is 0. The molecular formula is C10H17F3N2O3S. The highest BCUT2D eigenvalue weighted by molar-refractivity contribution is 7.86. The summed E-state index contributed by atoms with van der Waals surface area (Å²) in [6.07, 6.45) is -1.02. The largest absolute Gasteiger partial charge is 0.405 e. The van der Waals surface area contributed by atoms with E-state index in [9.17, 15) is 21.6 Å². The quantitative estimate of drug-likeness (QED) is 0.699. The summed E-state index contributed by atoms with van der Waals surface area (Å²) in [5.74, 6) is -1.98. The second-order valence-corrected chi connectivity index (χ2v) is 5.89. The van der Waals surface area contributed by atoms with E-state index < -0.39 is 28.4 Å². The minimum atomic E-state index is -4.81. The van der Waals surface area contributed by atoms with Crippen LogP contribution in [0.25, 0.3) is 0 Å². The van der Waals surface area contributed by atoms with E-state index in [1.165, 1.54) is 11.9 Å². The second-order valence-electron chi connectivity index (χ2n) is 4.29. The Morgan fingerprint density at radius 1 is 1.32 bits per heavy atom. The van der Waals surface area contributed by atoms with Crippen LogP contribution in [0.2, 0.25) is 0 Å². The summed E-state index contributed by atoms with van der Waals surface area (Å²) < 4.78 is 63.7. The summed E-state index contributed by atoms with van der Waals surface area (Å²) in [5, 5.41) is 0. The highest BCUT2D eigenvalue weighted by atomic mass is 32.2. The number of nitrogens with zero attached hydrogens (tertiary/aromatic N) is 2. The summed E-state index contributed by atoms with van der Waals surface area (Å²) in [4.78, 5) is 2.96. The van der Waals surface area contributed by atoms with Gasteiger partial charge in [0, 0.05) is 26.0 Å². The van der Waals surface area contributed by atoms with E-state index in [1.54, 1.807) is 17.3 Å². The molecule has 0 fully saturated rings. The molecule has 0 radical (unpaired) electrons. The van der Waals surface area contributed by atoms with Crippen LogP contribution in [0.3, 0.4) is 0 Å². The predicted molar refractivity (Wildman–Crippen MR) is 63.2 cm³/mol. The number of unbranched alkanes of at least 4 members (excludes halogenated alkanes) is 1. The molecule has 1 rings (SSSR count). The van der Waals surface area contributed by atoms with Crippen molar-refractivity contribution >= 4 is 10.1 Å². The maximum Gasteiger partial charge on any atom is 0.405 e. The van der Waals surface area contributed by atoms with E-state index in [1.807, 2.05) is 6.92 Å². The molecule has 1 aliphatic heterocycles. The van der Waals surface area contributed by atoms with Gasteiger partial charge in [-0.05, 0) is 6.42 Å². The summed E-state index contributed by atoms with van der Waals surface area (Å²) in [7, 11) is -3.12. The zero-order chi connectivity index (χ0) is 14.7. The average molecular weight is 302 g/mol. The van der Waals surface area contributed by atoms with E-state index in [2.05, 4.69) is 4.18 Å². The molecule has 0 N–H and O–H groups in total. The summed E-state index contributed by atoms with van der Waals surface area (Å²) in [5.41, 5.74) is 0. The third-order valence-electron chi connectivity index (χ3n) is 2.47. The molecule has 0 aromatic heterocycles. The van der Waals surface area contributed by atoms with E-state index in [0.29, 0.717) is 6.54 Å². The van der Waals surface area contributed by atoms with Gasteiger partial charge in [-0.25, -0.2) is 4.18 Å². The van der Waals surface area contributed by atoms with E-state index in [0.717, 1.165) is 12.8 Å². The van der Waals surface area contributed by atoms with Gasteiger partial charge < -0.3 is 9.80 Å². The molecule has 0 aliphatic carbocycles. The molecule has 0 bridgehead atoms. The van der Waals surface area contributed by atoms with Crippen molar-refractivity contribution < 1.29 is 25.8 Å². The first kappa shape index (κ1) is 16.1. The van der Waals surface area contributed by atoms with E-state index in [-0.39, 0.29) is 0 Å². The lowest BCUT2D eigenvalue weighted by atomic mass is 10.3. The van der Waals surface area contributed by atoms with Crippen molar-refractivity contribution in [1.82, 2.24) is 9.80 Å². The SMILES string of the molecule is CCCCN1C=CN(C)C1OS(=O)(=O)CC(F)(F)F. The van der Waals surface area contributed by atoms with Crippen LogP contribution in [-0.4, -0.2) is 50.1 Å². The van der Waals surface area contributed by atoms with Gasteiger partial charge in [0.2, 0.25) is 6.35 Å². The van der Waals surface area contributed by atoms with Gasteiger partial charge in [-0.3, -0.25) is 0 Å². The molecule has 0 saturated heterocycles. The average Bonchev–Trinajstić information content (AvgIpc) is 2.53. The van der Waals surface area contributed by atoms with Crippen LogP contribution < -0.4 is 0 Å². The van der Waals surface area contributed by atoms with Crippen LogP contribution >= 0.6 is 0 Å². The molecule has 1 unspecified atom stereocenters. The Balaban J connectivity index is 2.68. The Hall–Kier alpha value is -0.960. The first-order valence-electron chi connectivity index (χ1n) is 5.78.